The molecule has 112 valence electrons. The van der Waals surface area contributed by atoms with Gasteiger partial charge in [-0.25, -0.2) is 8.78 Å². The largest absolute Gasteiger partial charge is 0.367 e. The first-order chi connectivity index (χ1) is 9.13. The third-order valence-electron chi connectivity index (χ3n) is 3.08. The summed E-state index contributed by atoms with van der Waals surface area (Å²) in [6.07, 6.45) is 0. The van der Waals surface area contributed by atoms with Gasteiger partial charge in [-0.1, -0.05) is 0 Å². The van der Waals surface area contributed by atoms with Crippen LogP contribution in [0.4, 0.5) is 14.5 Å². The van der Waals surface area contributed by atoms with Crippen LogP contribution in [0.5, 0.6) is 0 Å². The van der Waals surface area contributed by atoms with Gasteiger partial charge in [-0.05, 0) is 13.0 Å². The van der Waals surface area contributed by atoms with Gasteiger partial charge >= 0.3 is 0 Å². The van der Waals surface area contributed by atoms with Crippen molar-refractivity contribution in [3.8, 4) is 0 Å². The molecular weight excluding hydrogens is 288 g/mol. The van der Waals surface area contributed by atoms with E-state index < -0.39 is 17.5 Å². The second-order valence-corrected chi connectivity index (χ2v) is 4.38. The van der Waals surface area contributed by atoms with Gasteiger partial charge in [0.25, 0.3) is 5.91 Å². The SMILES string of the molecule is CCNC(=O)c1cc(F)c(N2CCNCC2)cc1F.Cl. The fourth-order valence-electron chi connectivity index (χ4n) is 2.11. The molecule has 0 radical (unpaired) electrons. The number of amides is 1. The molecule has 1 saturated heterocycles. The van der Waals surface area contributed by atoms with Gasteiger partial charge in [0.05, 0.1) is 11.3 Å². The van der Waals surface area contributed by atoms with Crippen molar-refractivity contribution < 1.29 is 13.6 Å². The first kappa shape index (κ1) is 16.7. The number of piperazine rings is 1. The third kappa shape index (κ3) is 3.58. The number of nitrogens with zero attached hydrogens (tertiary/aromatic N) is 1. The predicted molar refractivity (Wildman–Crippen MR) is 76.7 cm³/mol. The molecule has 7 heteroatoms. The van der Waals surface area contributed by atoms with Crippen molar-refractivity contribution in [2.75, 3.05) is 37.6 Å². The number of rotatable bonds is 3. The summed E-state index contributed by atoms with van der Waals surface area (Å²) in [5, 5.41) is 5.60. The van der Waals surface area contributed by atoms with Crippen LogP contribution >= 0.6 is 12.4 Å². The Morgan fingerprint density at radius 1 is 1.30 bits per heavy atom. The summed E-state index contributed by atoms with van der Waals surface area (Å²) in [5.41, 5.74) is -0.0368. The van der Waals surface area contributed by atoms with Gasteiger partial charge in [-0.3, -0.25) is 4.79 Å². The Morgan fingerprint density at radius 3 is 2.55 bits per heavy atom. The van der Waals surface area contributed by atoms with Crippen LogP contribution in [0, 0.1) is 11.6 Å². The number of hydrogen-bond donors (Lipinski definition) is 2. The molecule has 0 saturated carbocycles. The fraction of sp³-hybridized carbons (Fsp3) is 0.462. The average molecular weight is 306 g/mol. The van der Waals surface area contributed by atoms with E-state index in [1.54, 1.807) is 11.8 Å². The van der Waals surface area contributed by atoms with Gasteiger partial charge in [0.2, 0.25) is 0 Å². The zero-order valence-corrected chi connectivity index (χ0v) is 12.0. The molecule has 1 aliphatic heterocycles. The fourth-order valence-corrected chi connectivity index (χ4v) is 2.11. The molecular formula is C13H18ClF2N3O. The Morgan fingerprint density at radius 2 is 1.95 bits per heavy atom. The zero-order chi connectivity index (χ0) is 13.8. The molecule has 1 fully saturated rings. The molecule has 1 aromatic rings. The van der Waals surface area contributed by atoms with Crippen LogP contribution in [0.15, 0.2) is 12.1 Å². The Hall–Kier alpha value is -1.40. The molecule has 2 rings (SSSR count). The number of carbonyl (C=O) groups excluding carboxylic acids is 1. The van der Waals surface area contributed by atoms with Crippen LogP contribution in [0.1, 0.15) is 17.3 Å². The molecule has 0 aromatic heterocycles. The van der Waals surface area contributed by atoms with Crippen LogP contribution in [0.25, 0.3) is 0 Å². The molecule has 4 nitrogen and oxygen atoms in total. The van der Waals surface area contributed by atoms with E-state index in [-0.39, 0.29) is 23.7 Å². The van der Waals surface area contributed by atoms with E-state index in [0.717, 1.165) is 25.2 Å². The van der Waals surface area contributed by atoms with Crippen LogP contribution in [0.2, 0.25) is 0 Å². The van der Waals surface area contributed by atoms with Gasteiger partial charge in [0.15, 0.2) is 0 Å². The second kappa shape index (κ2) is 7.40. The number of halogens is 3. The van der Waals surface area contributed by atoms with E-state index in [0.29, 0.717) is 19.6 Å². The Kier molecular flexibility index (Phi) is 6.16. The van der Waals surface area contributed by atoms with E-state index >= 15 is 0 Å². The first-order valence-corrected chi connectivity index (χ1v) is 6.36. The summed E-state index contributed by atoms with van der Waals surface area (Å²) in [6, 6.07) is 2.07. The summed E-state index contributed by atoms with van der Waals surface area (Å²) >= 11 is 0. The van der Waals surface area contributed by atoms with Gasteiger partial charge in [-0.2, -0.15) is 0 Å². The highest BCUT2D eigenvalue weighted by atomic mass is 35.5. The lowest BCUT2D eigenvalue weighted by atomic mass is 10.1. The number of hydrogen-bond acceptors (Lipinski definition) is 3. The highest BCUT2D eigenvalue weighted by molar-refractivity contribution is 5.94. The Labute approximate surface area is 122 Å². The lowest BCUT2D eigenvalue weighted by Crippen LogP contribution is -2.44. The van der Waals surface area contributed by atoms with Crippen molar-refractivity contribution in [3.05, 3.63) is 29.3 Å². The second-order valence-electron chi connectivity index (χ2n) is 4.38. The van der Waals surface area contributed by atoms with E-state index in [2.05, 4.69) is 10.6 Å². The van der Waals surface area contributed by atoms with Crippen molar-refractivity contribution in [3.63, 3.8) is 0 Å². The summed E-state index contributed by atoms with van der Waals surface area (Å²) in [5.74, 6) is -1.85. The van der Waals surface area contributed by atoms with E-state index in [9.17, 15) is 13.6 Å². The quantitative estimate of drug-likeness (QED) is 0.890. The molecule has 1 aromatic carbocycles. The standard InChI is InChI=1S/C13H17F2N3O.ClH/c1-2-17-13(19)9-7-11(15)12(8-10(9)14)18-5-3-16-4-6-18;/h7-8,16H,2-6H2,1H3,(H,17,19);1H. The zero-order valence-electron chi connectivity index (χ0n) is 11.2. The number of carbonyl (C=O) groups is 1. The topological polar surface area (TPSA) is 44.4 Å². The molecule has 2 N–H and O–H groups in total. The minimum atomic E-state index is -0.694. The van der Waals surface area contributed by atoms with Crippen LogP contribution in [-0.4, -0.2) is 38.6 Å². The molecule has 20 heavy (non-hydrogen) atoms. The van der Waals surface area contributed by atoms with Crippen LogP contribution in [0.3, 0.4) is 0 Å². The van der Waals surface area contributed by atoms with Crippen molar-refractivity contribution in [1.82, 2.24) is 10.6 Å². The minimum absolute atomic E-state index is 0. The first-order valence-electron chi connectivity index (χ1n) is 6.36. The highest BCUT2D eigenvalue weighted by Crippen LogP contribution is 2.23. The average Bonchev–Trinajstić information content (AvgIpc) is 2.42. The van der Waals surface area contributed by atoms with Gasteiger partial charge < -0.3 is 15.5 Å². The van der Waals surface area contributed by atoms with Crippen molar-refractivity contribution >= 4 is 24.0 Å². The smallest absolute Gasteiger partial charge is 0.254 e. The molecule has 1 aliphatic rings. The molecule has 0 bridgehead atoms. The summed E-state index contributed by atoms with van der Waals surface area (Å²) in [4.78, 5) is 13.3. The minimum Gasteiger partial charge on any atom is -0.367 e. The molecule has 0 atom stereocenters. The molecule has 1 heterocycles. The molecule has 0 unspecified atom stereocenters. The number of nitrogens with one attached hydrogen (secondary N) is 2. The normalized spacial score (nSPS) is 14.7. The van der Waals surface area contributed by atoms with E-state index in [4.69, 9.17) is 0 Å². The monoisotopic (exact) mass is 305 g/mol. The highest BCUT2D eigenvalue weighted by Gasteiger charge is 2.20. The lowest BCUT2D eigenvalue weighted by Gasteiger charge is -2.29. The predicted octanol–water partition coefficient (Wildman–Crippen LogP) is 1.55. The van der Waals surface area contributed by atoms with Crippen LogP contribution in [-0.2, 0) is 0 Å². The van der Waals surface area contributed by atoms with E-state index in [1.165, 1.54) is 0 Å². The number of anilines is 1. The summed E-state index contributed by atoms with van der Waals surface area (Å²) in [6.45, 7) is 4.81. The summed E-state index contributed by atoms with van der Waals surface area (Å²) in [7, 11) is 0. The summed E-state index contributed by atoms with van der Waals surface area (Å²) < 4.78 is 27.9. The molecule has 1 amide bonds. The van der Waals surface area contributed by atoms with Gasteiger partial charge in [0, 0.05) is 38.8 Å². The maximum absolute atomic E-state index is 14.0. The maximum atomic E-state index is 14.0. The third-order valence-corrected chi connectivity index (χ3v) is 3.08. The maximum Gasteiger partial charge on any atom is 0.254 e. The molecule has 0 spiro atoms. The van der Waals surface area contributed by atoms with Gasteiger partial charge in [0.1, 0.15) is 11.6 Å². The lowest BCUT2D eigenvalue weighted by molar-refractivity contribution is 0.0951. The van der Waals surface area contributed by atoms with E-state index in [1.807, 2.05) is 0 Å². The van der Waals surface area contributed by atoms with Crippen molar-refractivity contribution in [2.45, 2.75) is 6.92 Å². The van der Waals surface area contributed by atoms with Crippen LogP contribution < -0.4 is 15.5 Å². The Balaban J connectivity index is 0.00000200. The van der Waals surface area contributed by atoms with Crippen molar-refractivity contribution in [1.29, 1.82) is 0 Å². The number of benzene rings is 1. The molecule has 0 aliphatic carbocycles. The Bertz CT molecular complexity index is 479. The van der Waals surface area contributed by atoms with Crippen molar-refractivity contribution in [2.24, 2.45) is 0 Å². The van der Waals surface area contributed by atoms with Gasteiger partial charge in [-0.15, -0.1) is 12.4 Å².